The number of halogens is 1. The van der Waals surface area contributed by atoms with Gasteiger partial charge in [0.05, 0.1) is 18.5 Å². The zero-order valence-electron chi connectivity index (χ0n) is 10.4. The van der Waals surface area contributed by atoms with Crippen LogP contribution >= 0.6 is 11.6 Å². The van der Waals surface area contributed by atoms with Crippen LogP contribution in [0.4, 0.5) is 0 Å². The van der Waals surface area contributed by atoms with Gasteiger partial charge in [-0.3, -0.25) is 0 Å². The number of ether oxygens (including phenoxy) is 1. The summed E-state index contributed by atoms with van der Waals surface area (Å²) in [6.07, 6.45) is -0.0603. The van der Waals surface area contributed by atoms with Crippen molar-refractivity contribution in [2.75, 3.05) is 44.9 Å². The highest BCUT2D eigenvalue weighted by molar-refractivity contribution is 7.89. The molecule has 0 aromatic heterocycles. The third kappa shape index (κ3) is 6.01. The summed E-state index contributed by atoms with van der Waals surface area (Å²) in [6, 6.07) is 0. The fourth-order valence-electron chi connectivity index (χ4n) is 1.69. The predicted molar refractivity (Wildman–Crippen MR) is 68.9 cm³/mol. The van der Waals surface area contributed by atoms with E-state index in [1.54, 1.807) is 0 Å². The highest BCUT2D eigenvalue weighted by Crippen LogP contribution is 2.05. The van der Waals surface area contributed by atoms with Gasteiger partial charge in [0.15, 0.2) is 0 Å². The van der Waals surface area contributed by atoms with E-state index in [4.69, 9.17) is 16.3 Å². The van der Waals surface area contributed by atoms with Crippen molar-refractivity contribution in [1.29, 1.82) is 0 Å². The Bertz CT molecular complexity index is 324. The highest BCUT2D eigenvalue weighted by atomic mass is 35.5. The standard InChI is InChI=1S/C10H21ClN2O3S/c1-9(5-11)8-17(14,15)12-6-10-7-13(2)3-4-16-10/h9-10,12H,3-8H2,1-2H3. The average Bonchev–Trinajstić information content (AvgIpc) is 2.26. The molecule has 17 heavy (non-hydrogen) atoms. The number of likely N-dealkylation sites (N-methyl/N-ethyl adjacent to an activating group) is 1. The molecule has 1 heterocycles. The van der Waals surface area contributed by atoms with E-state index >= 15 is 0 Å². The molecule has 1 fully saturated rings. The van der Waals surface area contributed by atoms with Crippen LogP contribution in [0, 0.1) is 5.92 Å². The second-order valence-corrected chi connectivity index (χ2v) is 6.80. The molecule has 102 valence electrons. The fraction of sp³-hybridized carbons (Fsp3) is 1.00. The van der Waals surface area contributed by atoms with Gasteiger partial charge in [0, 0.05) is 25.5 Å². The van der Waals surface area contributed by atoms with Crippen LogP contribution < -0.4 is 4.72 Å². The molecular formula is C10H21ClN2O3S. The second kappa shape index (κ2) is 6.89. The van der Waals surface area contributed by atoms with Crippen LogP contribution in [-0.2, 0) is 14.8 Å². The molecule has 2 unspecified atom stereocenters. The van der Waals surface area contributed by atoms with Gasteiger partial charge in [-0.05, 0) is 13.0 Å². The van der Waals surface area contributed by atoms with Gasteiger partial charge < -0.3 is 9.64 Å². The molecule has 2 atom stereocenters. The fourth-order valence-corrected chi connectivity index (χ4v) is 3.35. The molecule has 1 aliphatic heterocycles. The number of morpholine rings is 1. The molecule has 0 amide bonds. The minimum atomic E-state index is -3.24. The van der Waals surface area contributed by atoms with Gasteiger partial charge in [-0.2, -0.15) is 0 Å². The number of hydrogen-bond acceptors (Lipinski definition) is 4. The summed E-state index contributed by atoms with van der Waals surface area (Å²) < 4.78 is 31.4. The van der Waals surface area contributed by atoms with Crippen molar-refractivity contribution in [3.63, 3.8) is 0 Å². The summed E-state index contributed by atoms with van der Waals surface area (Å²) in [5, 5.41) is 0. The zero-order valence-corrected chi connectivity index (χ0v) is 11.9. The van der Waals surface area contributed by atoms with Crippen LogP contribution in [0.5, 0.6) is 0 Å². The first-order chi connectivity index (χ1) is 7.93. The first-order valence-corrected chi connectivity index (χ1v) is 7.95. The number of hydrogen-bond donors (Lipinski definition) is 1. The quantitative estimate of drug-likeness (QED) is 0.704. The maximum absolute atomic E-state index is 11.7. The Hall–Kier alpha value is 0.120. The molecule has 1 rings (SSSR count). The maximum atomic E-state index is 11.7. The van der Waals surface area contributed by atoms with Crippen LogP contribution in [0.25, 0.3) is 0 Å². The highest BCUT2D eigenvalue weighted by Gasteiger charge is 2.21. The van der Waals surface area contributed by atoms with Crippen molar-refractivity contribution in [3.8, 4) is 0 Å². The van der Waals surface area contributed by atoms with Crippen LogP contribution in [0.2, 0.25) is 0 Å². The Morgan fingerprint density at radius 1 is 1.59 bits per heavy atom. The van der Waals surface area contributed by atoms with E-state index in [-0.39, 0.29) is 17.8 Å². The SMILES string of the molecule is CC(CCl)CS(=O)(=O)NCC1CN(C)CCO1. The molecule has 0 radical (unpaired) electrons. The minimum Gasteiger partial charge on any atom is -0.374 e. The number of rotatable bonds is 6. The molecule has 1 aliphatic rings. The third-order valence-electron chi connectivity index (χ3n) is 2.64. The second-order valence-electron chi connectivity index (χ2n) is 4.64. The van der Waals surface area contributed by atoms with Gasteiger partial charge in [0.1, 0.15) is 0 Å². The van der Waals surface area contributed by atoms with E-state index in [1.165, 1.54) is 0 Å². The monoisotopic (exact) mass is 284 g/mol. The smallest absolute Gasteiger partial charge is 0.211 e. The van der Waals surface area contributed by atoms with E-state index in [0.29, 0.717) is 19.0 Å². The Morgan fingerprint density at radius 3 is 2.88 bits per heavy atom. The van der Waals surface area contributed by atoms with Gasteiger partial charge in [0.2, 0.25) is 10.0 Å². The van der Waals surface area contributed by atoms with Crippen molar-refractivity contribution < 1.29 is 13.2 Å². The summed E-state index contributed by atoms with van der Waals surface area (Å²) >= 11 is 5.60. The topological polar surface area (TPSA) is 58.6 Å². The van der Waals surface area contributed by atoms with E-state index in [9.17, 15) is 8.42 Å². The molecule has 7 heteroatoms. The number of sulfonamides is 1. The van der Waals surface area contributed by atoms with Gasteiger partial charge in [-0.25, -0.2) is 13.1 Å². The molecule has 0 bridgehead atoms. The van der Waals surface area contributed by atoms with Crippen molar-refractivity contribution in [2.45, 2.75) is 13.0 Å². The maximum Gasteiger partial charge on any atom is 0.211 e. The summed E-state index contributed by atoms with van der Waals surface area (Å²) in [5.41, 5.74) is 0. The van der Waals surface area contributed by atoms with Gasteiger partial charge in [0.25, 0.3) is 0 Å². The summed E-state index contributed by atoms with van der Waals surface area (Å²) in [5.74, 6) is 0.381. The number of nitrogens with zero attached hydrogens (tertiary/aromatic N) is 1. The first-order valence-electron chi connectivity index (χ1n) is 5.76. The van der Waals surface area contributed by atoms with Crippen molar-refractivity contribution >= 4 is 21.6 Å². The lowest BCUT2D eigenvalue weighted by molar-refractivity contribution is -0.0156. The van der Waals surface area contributed by atoms with E-state index < -0.39 is 10.0 Å². The van der Waals surface area contributed by atoms with Crippen molar-refractivity contribution in [3.05, 3.63) is 0 Å². The van der Waals surface area contributed by atoms with Crippen LogP contribution in [-0.4, -0.2) is 64.3 Å². The zero-order chi connectivity index (χ0) is 12.9. The molecule has 1 N–H and O–H groups in total. The molecule has 0 aliphatic carbocycles. The Balaban J connectivity index is 2.33. The van der Waals surface area contributed by atoms with E-state index in [2.05, 4.69) is 9.62 Å². The Morgan fingerprint density at radius 2 is 2.29 bits per heavy atom. The summed E-state index contributed by atoms with van der Waals surface area (Å²) in [4.78, 5) is 2.13. The van der Waals surface area contributed by atoms with Gasteiger partial charge >= 0.3 is 0 Å². The molecule has 1 saturated heterocycles. The molecule has 0 saturated carbocycles. The van der Waals surface area contributed by atoms with Gasteiger partial charge in [-0.15, -0.1) is 11.6 Å². The molecule has 0 aromatic carbocycles. The van der Waals surface area contributed by atoms with Crippen molar-refractivity contribution in [1.82, 2.24) is 9.62 Å². The van der Waals surface area contributed by atoms with Crippen LogP contribution in [0.3, 0.4) is 0 Å². The average molecular weight is 285 g/mol. The van der Waals surface area contributed by atoms with E-state index in [0.717, 1.165) is 13.1 Å². The van der Waals surface area contributed by atoms with Crippen LogP contribution in [0.15, 0.2) is 0 Å². The molecule has 0 spiro atoms. The van der Waals surface area contributed by atoms with Crippen molar-refractivity contribution in [2.24, 2.45) is 5.92 Å². The summed E-state index contributed by atoms with van der Waals surface area (Å²) in [7, 11) is -1.24. The van der Waals surface area contributed by atoms with E-state index in [1.807, 2.05) is 14.0 Å². The largest absolute Gasteiger partial charge is 0.374 e. The molecular weight excluding hydrogens is 264 g/mol. The summed E-state index contributed by atoms with van der Waals surface area (Å²) in [6.45, 7) is 4.46. The molecule has 0 aromatic rings. The lowest BCUT2D eigenvalue weighted by Gasteiger charge is -2.30. The number of alkyl halides is 1. The third-order valence-corrected chi connectivity index (χ3v) is 4.78. The lowest BCUT2D eigenvalue weighted by atomic mass is 10.3. The first kappa shape index (κ1) is 15.2. The normalized spacial score (nSPS) is 24.8. The Kier molecular flexibility index (Phi) is 6.16. The number of nitrogens with one attached hydrogen (secondary N) is 1. The van der Waals surface area contributed by atoms with Gasteiger partial charge in [-0.1, -0.05) is 6.92 Å². The minimum absolute atomic E-state index is 0.0379. The molecule has 5 nitrogen and oxygen atoms in total. The predicted octanol–water partition coefficient (Wildman–Crippen LogP) is 0.111. The van der Waals surface area contributed by atoms with Crippen LogP contribution in [0.1, 0.15) is 6.92 Å². The Labute approximate surface area is 109 Å². The lowest BCUT2D eigenvalue weighted by Crippen LogP contribution is -2.46.